The van der Waals surface area contributed by atoms with Crippen molar-refractivity contribution in [1.29, 1.82) is 0 Å². The van der Waals surface area contributed by atoms with Crippen molar-refractivity contribution >= 4 is 5.78 Å². The summed E-state index contributed by atoms with van der Waals surface area (Å²) in [6, 6.07) is 25.7. The second kappa shape index (κ2) is 11.0. The molecule has 3 aromatic rings. The summed E-state index contributed by atoms with van der Waals surface area (Å²) >= 11 is 0. The van der Waals surface area contributed by atoms with Crippen LogP contribution >= 0.6 is 0 Å². The summed E-state index contributed by atoms with van der Waals surface area (Å²) in [5.74, 6) is 2.07. The monoisotopic (exact) mass is 360 g/mol. The number of ether oxygens (including phenoxy) is 1. The Morgan fingerprint density at radius 1 is 0.741 bits per heavy atom. The zero-order valence-corrected chi connectivity index (χ0v) is 16.4. The first kappa shape index (κ1) is 20.4. The normalized spacial score (nSPS) is 11.9. The van der Waals surface area contributed by atoms with Crippen LogP contribution in [0.15, 0.2) is 78.9 Å². The van der Waals surface area contributed by atoms with Crippen LogP contribution in [0, 0.1) is 6.92 Å². The number of para-hydroxylation sites is 1. The second-order valence-corrected chi connectivity index (χ2v) is 6.17. The molecule has 0 saturated carbocycles. The van der Waals surface area contributed by atoms with Gasteiger partial charge in [0.15, 0.2) is 5.78 Å². The molecule has 1 aliphatic rings. The Morgan fingerprint density at radius 3 is 2.11 bits per heavy atom. The summed E-state index contributed by atoms with van der Waals surface area (Å²) < 4.78 is 5.66. The van der Waals surface area contributed by atoms with Crippen LogP contribution in [0.1, 0.15) is 48.2 Å². The van der Waals surface area contributed by atoms with E-state index in [2.05, 4.69) is 13.0 Å². The Labute approximate surface area is 162 Å². The number of hydrogen-bond donors (Lipinski definition) is 0. The largest absolute Gasteiger partial charge is 0.457 e. The van der Waals surface area contributed by atoms with Gasteiger partial charge in [-0.15, -0.1) is 0 Å². The van der Waals surface area contributed by atoms with Crippen LogP contribution in [0.5, 0.6) is 11.5 Å². The van der Waals surface area contributed by atoms with E-state index in [-0.39, 0.29) is 0 Å². The molecule has 0 saturated heterocycles. The third-order valence-electron chi connectivity index (χ3n) is 4.14. The number of rotatable bonds is 2. The molecular formula is C25H28O2. The lowest BCUT2D eigenvalue weighted by molar-refractivity contribution is 0.0972. The van der Waals surface area contributed by atoms with E-state index in [0.717, 1.165) is 36.3 Å². The standard InChI is InChI=1S/C13H12O.C10H10O.C2H6/c1-11-6-5-9-13(10-11)14-12-7-3-2-4-8-12;11-10-7-3-5-8-4-1-2-6-9(8)10;1-2/h2-10H,1H3;1-2,4,6H,3,5,7H2;1-2H3. The van der Waals surface area contributed by atoms with E-state index in [1.54, 1.807) is 0 Å². The molecule has 4 rings (SSSR count). The van der Waals surface area contributed by atoms with E-state index in [1.807, 2.05) is 86.6 Å². The van der Waals surface area contributed by atoms with Crippen molar-refractivity contribution in [2.24, 2.45) is 0 Å². The molecule has 0 radical (unpaired) electrons. The molecule has 1 aliphatic carbocycles. The molecule has 2 nitrogen and oxygen atoms in total. The zero-order chi connectivity index (χ0) is 19.5. The van der Waals surface area contributed by atoms with Crippen molar-refractivity contribution in [3.8, 4) is 11.5 Å². The lowest BCUT2D eigenvalue weighted by Gasteiger charge is -2.12. The van der Waals surface area contributed by atoms with Crippen LogP contribution in [0.25, 0.3) is 0 Å². The molecule has 0 atom stereocenters. The van der Waals surface area contributed by atoms with Gasteiger partial charge in [0.05, 0.1) is 0 Å². The summed E-state index contributed by atoms with van der Waals surface area (Å²) in [5, 5.41) is 0. The number of hydrogen-bond acceptors (Lipinski definition) is 2. The number of benzene rings is 3. The van der Waals surface area contributed by atoms with Crippen LogP contribution in [-0.4, -0.2) is 5.78 Å². The molecule has 0 bridgehead atoms. The molecule has 140 valence electrons. The van der Waals surface area contributed by atoms with Gasteiger partial charge in [-0.25, -0.2) is 0 Å². The lowest BCUT2D eigenvalue weighted by atomic mass is 9.91. The molecule has 0 fully saturated rings. The summed E-state index contributed by atoms with van der Waals surface area (Å²) in [5.41, 5.74) is 3.38. The molecule has 0 spiro atoms. The Bertz CT molecular complexity index is 838. The molecule has 3 aromatic carbocycles. The predicted molar refractivity (Wildman–Crippen MR) is 113 cm³/mol. The van der Waals surface area contributed by atoms with E-state index in [1.165, 1.54) is 11.1 Å². The summed E-state index contributed by atoms with van der Waals surface area (Å²) in [7, 11) is 0. The SMILES string of the molecule is CC.Cc1cccc(Oc2ccccc2)c1.O=C1CCCc2ccccc21. The highest BCUT2D eigenvalue weighted by atomic mass is 16.5. The maximum Gasteiger partial charge on any atom is 0.163 e. The van der Waals surface area contributed by atoms with Gasteiger partial charge in [0.2, 0.25) is 0 Å². The number of ketones is 1. The lowest BCUT2D eigenvalue weighted by Crippen LogP contribution is -2.09. The number of carbonyl (C=O) groups excluding carboxylic acids is 1. The van der Waals surface area contributed by atoms with Crippen LogP contribution in [0.2, 0.25) is 0 Å². The molecule has 0 amide bonds. The fourth-order valence-electron chi connectivity index (χ4n) is 2.89. The van der Waals surface area contributed by atoms with Crippen molar-refractivity contribution < 1.29 is 9.53 Å². The molecule has 0 aliphatic heterocycles. The summed E-state index contributed by atoms with van der Waals surface area (Å²) in [6.07, 6.45) is 2.83. The van der Waals surface area contributed by atoms with Crippen molar-refractivity contribution in [3.05, 3.63) is 95.6 Å². The van der Waals surface area contributed by atoms with Crippen molar-refractivity contribution in [1.82, 2.24) is 0 Å². The molecule has 27 heavy (non-hydrogen) atoms. The van der Waals surface area contributed by atoms with Gasteiger partial charge in [0.25, 0.3) is 0 Å². The van der Waals surface area contributed by atoms with Crippen LogP contribution in [-0.2, 0) is 6.42 Å². The molecule has 0 heterocycles. The highest BCUT2D eigenvalue weighted by molar-refractivity contribution is 5.98. The van der Waals surface area contributed by atoms with Crippen LogP contribution < -0.4 is 4.74 Å². The van der Waals surface area contributed by atoms with Gasteiger partial charge < -0.3 is 4.74 Å². The van der Waals surface area contributed by atoms with E-state index in [4.69, 9.17) is 4.74 Å². The van der Waals surface area contributed by atoms with Crippen LogP contribution in [0.3, 0.4) is 0 Å². The van der Waals surface area contributed by atoms with Gasteiger partial charge in [-0.05, 0) is 55.2 Å². The topological polar surface area (TPSA) is 26.3 Å². The second-order valence-electron chi connectivity index (χ2n) is 6.17. The predicted octanol–water partition coefficient (Wildman–Crippen LogP) is 7.02. The fourth-order valence-corrected chi connectivity index (χ4v) is 2.89. The smallest absolute Gasteiger partial charge is 0.163 e. The van der Waals surface area contributed by atoms with E-state index < -0.39 is 0 Å². The van der Waals surface area contributed by atoms with Crippen molar-refractivity contribution in [3.63, 3.8) is 0 Å². The highest BCUT2D eigenvalue weighted by Crippen LogP contribution is 2.21. The van der Waals surface area contributed by atoms with Gasteiger partial charge in [0.1, 0.15) is 11.5 Å². The van der Waals surface area contributed by atoms with Gasteiger partial charge in [-0.2, -0.15) is 0 Å². The molecular weight excluding hydrogens is 332 g/mol. The number of aryl methyl sites for hydroxylation is 2. The quantitative estimate of drug-likeness (QED) is 0.491. The third kappa shape index (κ3) is 6.41. The molecule has 2 heteroatoms. The molecule has 0 aromatic heterocycles. The minimum Gasteiger partial charge on any atom is -0.457 e. The van der Waals surface area contributed by atoms with Crippen molar-refractivity contribution in [2.75, 3.05) is 0 Å². The van der Waals surface area contributed by atoms with E-state index in [9.17, 15) is 4.79 Å². The highest BCUT2D eigenvalue weighted by Gasteiger charge is 2.14. The van der Waals surface area contributed by atoms with Crippen LogP contribution in [0.4, 0.5) is 0 Å². The van der Waals surface area contributed by atoms with Gasteiger partial charge in [-0.1, -0.05) is 68.4 Å². The maximum atomic E-state index is 11.3. The van der Waals surface area contributed by atoms with Gasteiger partial charge in [0, 0.05) is 12.0 Å². The van der Waals surface area contributed by atoms with Crippen molar-refractivity contribution in [2.45, 2.75) is 40.0 Å². The molecule has 0 N–H and O–H groups in total. The third-order valence-corrected chi connectivity index (χ3v) is 4.14. The first-order valence-electron chi connectivity index (χ1n) is 9.63. The van der Waals surface area contributed by atoms with E-state index >= 15 is 0 Å². The Morgan fingerprint density at radius 2 is 1.41 bits per heavy atom. The summed E-state index contributed by atoms with van der Waals surface area (Å²) in [6.45, 7) is 6.05. The Kier molecular flexibility index (Phi) is 8.31. The number of carbonyl (C=O) groups is 1. The first-order chi connectivity index (χ1) is 13.2. The average Bonchev–Trinajstić information content (AvgIpc) is 2.71. The van der Waals surface area contributed by atoms with Gasteiger partial charge >= 0.3 is 0 Å². The molecule has 0 unspecified atom stereocenters. The van der Waals surface area contributed by atoms with Gasteiger partial charge in [-0.3, -0.25) is 4.79 Å². The number of fused-ring (bicyclic) bond motifs is 1. The number of Topliss-reactive ketones (excluding diaryl/α,β-unsaturated/α-hetero) is 1. The average molecular weight is 360 g/mol. The minimum absolute atomic E-state index is 0.312. The zero-order valence-electron chi connectivity index (χ0n) is 16.4. The minimum atomic E-state index is 0.312. The first-order valence-corrected chi connectivity index (χ1v) is 9.63. The Hall–Kier alpha value is -2.87. The maximum absolute atomic E-state index is 11.3. The van der Waals surface area contributed by atoms with E-state index in [0.29, 0.717) is 5.78 Å². The summed E-state index contributed by atoms with van der Waals surface area (Å²) in [4.78, 5) is 11.3. The Balaban J connectivity index is 0.000000181. The fraction of sp³-hybridized carbons (Fsp3) is 0.240.